The molecule has 11 nitrogen and oxygen atoms in total. The van der Waals surface area contributed by atoms with Crippen LogP contribution >= 0.6 is 7.82 Å². The molecule has 182 valence electrons. The second-order valence-corrected chi connectivity index (χ2v) is 10.2. The number of rotatable bonds is 8. The van der Waals surface area contributed by atoms with Crippen molar-refractivity contribution in [3.8, 4) is 12.3 Å². The zero-order valence-corrected chi connectivity index (χ0v) is 19.9. The van der Waals surface area contributed by atoms with Crippen molar-refractivity contribution < 1.29 is 32.4 Å². The average Bonchev–Trinajstić information content (AvgIpc) is 3.03. The van der Waals surface area contributed by atoms with Crippen LogP contribution in [0.1, 0.15) is 46.8 Å². The highest BCUT2D eigenvalue weighted by Gasteiger charge is 2.60. The summed E-state index contributed by atoms with van der Waals surface area (Å²) in [5.74, 6) is 1.97. The van der Waals surface area contributed by atoms with E-state index in [-0.39, 0.29) is 37.6 Å². The first-order valence-electron chi connectivity index (χ1n) is 10.7. The molecule has 1 aromatic rings. The van der Waals surface area contributed by atoms with Gasteiger partial charge in [0.2, 0.25) is 0 Å². The molecule has 2 aliphatic rings. The molecule has 0 saturated carbocycles. The third-order valence-electron chi connectivity index (χ3n) is 5.67. The second kappa shape index (κ2) is 9.95. The SMILES string of the molecule is C#C[C@]1(C)[C@@H]2O[P@@](=O)(OCC(CC)CC(=O)OC(C)C)OC[C@H]2O[C@H]1n1ccc(=O)[nH]c1=O. The van der Waals surface area contributed by atoms with Crippen LogP contribution in [0.3, 0.4) is 0 Å². The van der Waals surface area contributed by atoms with Crippen molar-refractivity contribution in [2.45, 2.75) is 65.1 Å². The lowest BCUT2D eigenvalue weighted by atomic mass is 9.83. The quantitative estimate of drug-likeness (QED) is 0.334. The van der Waals surface area contributed by atoms with Crippen LogP contribution in [0.5, 0.6) is 0 Å². The molecule has 2 aliphatic heterocycles. The fourth-order valence-corrected chi connectivity index (χ4v) is 5.35. The normalized spacial score (nSPS) is 32.2. The molecule has 6 atom stereocenters. The van der Waals surface area contributed by atoms with Gasteiger partial charge in [0, 0.05) is 12.3 Å². The van der Waals surface area contributed by atoms with E-state index in [1.165, 1.54) is 12.3 Å². The predicted molar refractivity (Wildman–Crippen MR) is 116 cm³/mol. The maximum atomic E-state index is 13.2. The average molecular weight is 484 g/mol. The first kappa shape index (κ1) is 25.4. The molecule has 12 heteroatoms. The molecule has 3 rings (SSSR count). The highest BCUT2D eigenvalue weighted by Crippen LogP contribution is 2.60. The maximum absolute atomic E-state index is 13.2. The minimum Gasteiger partial charge on any atom is -0.463 e. The van der Waals surface area contributed by atoms with Gasteiger partial charge in [0.15, 0.2) is 6.23 Å². The first-order chi connectivity index (χ1) is 15.5. The monoisotopic (exact) mass is 484 g/mol. The molecule has 3 heterocycles. The second-order valence-electron chi connectivity index (χ2n) is 8.55. The fraction of sp³-hybridized carbons (Fsp3) is 0.667. The minimum atomic E-state index is -4.03. The van der Waals surface area contributed by atoms with Gasteiger partial charge in [-0.15, -0.1) is 6.42 Å². The van der Waals surface area contributed by atoms with Crippen molar-refractivity contribution >= 4 is 13.8 Å². The van der Waals surface area contributed by atoms with E-state index in [0.29, 0.717) is 6.42 Å². The minimum absolute atomic E-state index is 0.0468. The van der Waals surface area contributed by atoms with E-state index in [4.69, 9.17) is 29.5 Å². The third-order valence-corrected chi connectivity index (χ3v) is 7.08. The molecule has 2 fully saturated rings. The Morgan fingerprint density at radius 3 is 2.79 bits per heavy atom. The molecular formula is C21H29N2O9P. The number of aromatic amines is 1. The summed E-state index contributed by atoms with van der Waals surface area (Å²) in [6.07, 6.45) is 4.90. The van der Waals surface area contributed by atoms with Gasteiger partial charge in [-0.3, -0.25) is 32.7 Å². The number of aromatic nitrogens is 2. The summed E-state index contributed by atoms with van der Waals surface area (Å²) < 4.78 is 42.0. The summed E-state index contributed by atoms with van der Waals surface area (Å²) in [7, 11) is -4.03. The molecule has 33 heavy (non-hydrogen) atoms. The molecule has 1 aromatic heterocycles. The van der Waals surface area contributed by atoms with Crippen molar-refractivity contribution in [1.29, 1.82) is 0 Å². The zero-order valence-electron chi connectivity index (χ0n) is 19.0. The highest BCUT2D eigenvalue weighted by molar-refractivity contribution is 7.48. The van der Waals surface area contributed by atoms with E-state index < -0.39 is 42.9 Å². The number of nitrogens with one attached hydrogen (secondary N) is 1. The Hall–Kier alpha value is -2.22. The maximum Gasteiger partial charge on any atom is 0.475 e. The number of carbonyl (C=O) groups excluding carboxylic acids is 1. The summed E-state index contributed by atoms with van der Waals surface area (Å²) in [6.45, 7) is 6.83. The van der Waals surface area contributed by atoms with Crippen LogP contribution in [0.2, 0.25) is 0 Å². The number of H-pyrrole nitrogens is 1. The van der Waals surface area contributed by atoms with Crippen LogP contribution < -0.4 is 11.2 Å². The summed E-state index contributed by atoms with van der Waals surface area (Å²) in [4.78, 5) is 37.8. The number of carbonyl (C=O) groups is 1. The number of terminal acetylenes is 1. The standard InChI is InChI=1S/C21H29N2O9P/c1-6-14(10-17(25)30-13(3)4)11-28-33(27)29-12-15-18(32-33)21(5,7-2)19(31-15)23-9-8-16(24)22-20(23)26/h2,8-9,13-15,18-19H,6,10-12H2,1,3-5H3,(H,22,24,26)/t14?,15-,18-,19-,21-,33+/m1/s1. The van der Waals surface area contributed by atoms with E-state index in [9.17, 15) is 18.9 Å². The van der Waals surface area contributed by atoms with Crippen molar-refractivity contribution in [2.75, 3.05) is 13.2 Å². The van der Waals surface area contributed by atoms with Crippen LogP contribution in [-0.2, 0) is 32.4 Å². The Morgan fingerprint density at radius 1 is 1.45 bits per heavy atom. The molecule has 0 aromatic carbocycles. The van der Waals surface area contributed by atoms with E-state index in [0.717, 1.165) is 4.57 Å². The molecule has 1 N–H and O–H groups in total. The zero-order chi connectivity index (χ0) is 24.4. The van der Waals surface area contributed by atoms with Gasteiger partial charge in [-0.2, -0.15) is 0 Å². The molecule has 0 radical (unpaired) electrons. The number of phosphoric ester groups is 1. The van der Waals surface area contributed by atoms with Gasteiger partial charge < -0.3 is 9.47 Å². The van der Waals surface area contributed by atoms with Gasteiger partial charge >= 0.3 is 19.5 Å². The molecule has 2 saturated heterocycles. The number of hydrogen-bond donors (Lipinski definition) is 1. The lowest BCUT2D eigenvalue weighted by Crippen LogP contribution is -2.43. The van der Waals surface area contributed by atoms with E-state index in [2.05, 4.69) is 10.9 Å². The number of ether oxygens (including phenoxy) is 2. The van der Waals surface area contributed by atoms with E-state index >= 15 is 0 Å². The van der Waals surface area contributed by atoms with Crippen LogP contribution in [-0.4, -0.2) is 47.0 Å². The summed E-state index contributed by atoms with van der Waals surface area (Å²) in [5, 5.41) is 0. The van der Waals surface area contributed by atoms with Gasteiger partial charge in [0.05, 0.1) is 25.7 Å². The van der Waals surface area contributed by atoms with Crippen molar-refractivity contribution in [1.82, 2.24) is 9.55 Å². The smallest absolute Gasteiger partial charge is 0.463 e. The number of fused-ring (bicyclic) bond motifs is 1. The Labute approximate surface area is 191 Å². The summed E-state index contributed by atoms with van der Waals surface area (Å²) >= 11 is 0. The largest absolute Gasteiger partial charge is 0.475 e. The lowest BCUT2D eigenvalue weighted by molar-refractivity contribution is -0.149. The topological polar surface area (TPSA) is 135 Å². The van der Waals surface area contributed by atoms with Crippen LogP contribution in [0, 0.1) is 23.7 Å². The van der Waals surface area contributed by atoms with Crippen LogP contribution in [0.15, 0.2) is 21.9 Å². The van der Waals surface area contributed by atoms with E-state index in [1.54, 1.807) is 20.8 Å². The highest BCUT2D eigenvalue weighted by atomic mass is 31.2. The third kappa shape index (κ3) is 5.48. The first-order valence-corrected chi connectivity index (χ1v) is 12.2. The van der Waals surface area contributed by atoms with Crippen molar-refractivity contribution in [2.24, 2.45) is 11.3 Å². The Kier molecular flexibility index (Phi) is 7.66. The number of esters is 1. The van der Waals surface area contributed by atoms with Crippen molar-refractivity contribution in [3.63, 3.8) is 0 Å². The van der Waals surface area contributed by atoms with Gasteiger partial charge in [0.1, 0.15) is 17.6 Å². The predicted octanol–water partition coefficient (Wildman–Crippen LogP) is 1.98. The van der Waals surface area contributed by atoms with Gasteiger partial charge in [-0.1, -0.05) is 19.3 Å². The Morgan fingerprint density at radius 2 is 2.18 bits per heavy atom. The molecule has 0 bridgehead atoms. The van der Waals surface area contributed by atoms with Gasteiger partial charge in [-0.05, 0) is 26.7 Å². The van der Waals surface area contributed by atoms with Crippen molar-refractivity contribution in [3.05, 3.63) is 33.1 Å². The molecule has 1 unspecified atom stereocenters. The number of hydrogen-bond acceptors (Lipinski definition) is 9. The molecule has 0 amide bonds. The summed E-state index contributed by atoms with van der Waals surface area (Å²) in [5.41, 5.74) is -2.48. The van der Waals surface area contributed by atoms with Crippen LogP contribution in [0.25, 0.3) is 0 Å². The number of phosphoric acid groups is 1. The Bertz CT molecular complexity index is 1070. The fourth-order valence-electron chi connectivity index (χ4n) is 3.80. The lowest BCUT2D eigenvalue weighted by Gasteiger charge is -2.35. The molecule has 0 spiro atoms. The number of nitrogens with zero attached hydrogens (tertiary/aromatic N) is 1. The van der Waals surface area contributed by atoms with Crippen LogP contribution in [0.4, 0.5) is 0 Å². The van der Waals surface area contributed by atoms with E-state index in [1.807, 2.05) is 6.92 Å². The Balaban J connectivity index is 1.73. The molecule has 0 aliphatic carbocycles. The van der Waals surface area contributed by atoms with Gasteiger partial charge in [0.25, 0.3) is 5.56 Å². The molecular weight excluding hydrogens is 455 g/mol. The summed E-state index contributed by atoms with van der Waals surface area (Å²) in [6, 6.07) is 1.17. The van der Waals surface area contributed by atoms with Gasteiger partial charge in [-0.25, -0.2) is 9.36 Å².